The fraction of sp³-hybridized carbons (Fsp3) is 0.294. The van der Waals surface area contributed by atoms with Crippen molar-refractivity contribution >= 4 is 0 Å². The molecule has 0 spiro atoms. The summed E-state index contributed by atoms with van der Waals surface area (Å²) in [6.45, 7) is 1.83. The van der Waals surface area contributed by atoms with Gasteiger partial charge < -0.3 is 10.5 Å². The van der Waals surface area contributed by atoms with E-state index >= 15 is 0 Å². The van der Waals surface area contributed by atoms with E-state index in [1.54, 1.807) is 0 Å². The quantitative estimate of drug-likeness (QED) is 0.873. The molecular formula is C17H20FNO. The summed E-state index contributed by atoms with van der Waals surface area (Å²) in [4.78, 5) is 0. The van der Waals surface area contributed by atoms with Crippen molar-refractivity contribution in [2.24, 2.45) is 5.73 Å². The molecule has 0 aliphatic rings. The van der Waals surface area contributed by atoms with Crippen LogP contribution in [0.3, 0.4) is 0 Å². The number of benzene rings is 2. The molecule has 3 heteroatoms. The average molecular weight is 273 g/mol. The van der Waals surface area contributed by atoms with E-state index in [4.69, 9.17) is 10.5 Å². The van der Waals surface area contributed by atoms with Crippen molar-refractivity contribution in [3.8, 4) is 0 Å². The van der Waals surface area contributed by atoms with Gasteiger partial charge in [-0.05, 0) is 18.1 Å². The summed E-state index contributed by atoms with van der Waals surface area (Å²) in [7, 11) is 0. The highest BCUT2D eigenvalue weighted by Gasteiger charge is 2.20. The number of nitrogens with two attached hydrogens (primary N) is 1. The summed E-state index contributed by atoms with van der Waals surface area (Å²) < 4.78 is 18.8. The molecule has 0 aliphatic heterocycles. The maximum Gasteiger partial charge on any atom is 0.107 e. The lowest BCUT2D eigenvalue weighted by atomic mass is 10.0. The first kappa shape index (κ1) is 14.7. The van der Waals surface area contributed by atoms with Crippen molar-refractivity contribution in [2.45, 2.75) is 25.7 Å². The molecule has 0 saturated heterocycles. The number of hydrogen-bond acceptors (Lipinski definition) is 2. The van der Waals surface area contributed by atoms with Gasteiger partial charge in [0.05, 0.1) is 12.6 Å². The van der Waals surface area contributed by atoms with Crippen LogP contribution in [-0.2, 0) is 11.3 Å². The van der Waals surface area contributed by atoms with Gasteiger partial charge in [-0.3, -0.25) is 0 Å². The number of alkyl halides is 1. The van der Waals surface area contributed by atoms with E-state index in [1.807, 2.05) is 61.5 Å². The smallest absolute Gasteiger partial charge is 0.107 e. The van der Waals surface area contributed by atoms with Crippen LogP contribution >= 0.6 is 0 Å². The van der Waals surface area contributed by atoms with Gasteiger partial charge in [0, 0.05) is 0 Å². The molecule has 0 aliphatic carbocycles. The van der Waals surface area contributed by atoms with E-state index in [-0.39, 0.29) is 0 Å². The van der Waals surface area contributed by atoms with Gasteiger partial charge in [-0.25, -0.2) is 4.39 Å². The molecule has 20 heavy (non-hydrogen) atoms. The standard InChI is InChI=1S/C17H20FNO/c1-13-7-9-15(10-8-13)17(16(19)11-18)20-12-14-5-3-2-4-6-14/h2-10,16-17H,11-12,19H2,1H3. The Morgan fingerprint density at radius 1 is 1.05 bits per heavy atom. The molecule has 2 aromatic rings. The molecule has 0 fully saturated rings. The molecule has 0 saturated carbocycles. The minimum Gasteiger partial charge on any atom is -0.367 e. The molecule has 0 heterocycles. The number of halogens is 1. The third-order valence-corrected chi connectivity index (χ3v) is 3.25. The molecule has 0 amide bonds. The number of aryl methyl sites for hydroxylation is 1. The predicted molar refractivity (Wildman–Crippen MR) is 79.1 cm³/mol. The topological polar surface area (TPSA) is 35.2 Å². The highest BCUT2D eigenvalue weighted by Crippen LogP contribution is 2.23. The van der Waals surface area contributed by atoms with Crippen LogP contribution in [0.4, 0.5) is 4.39 Å². The van der Waals surface area contributed by atoms with Crippen molar-refractivity contribution < 1.29 is 9.13 Å². The minimum absolute atomic E-state index is 0.424. The van der Waals surface area contributed by atoms with Gasteiger partial charge in [-0.15, -0.1) is 0 Å². The van der Waals surface area contributed by atoms with E-state index in [2.05, 4.69) is 0 Å². The Balaban J connectivity index is 2.10. The molecule has 2 aromatic carbocycles. The fourth-order valence-electron chi connectivity index (χ4n) is 2.06. The van der Waals surface area contributed by atoms with E-state index in [0.29, 0.717) is 6.61 Å². The second kappa shape index (κ2) is 7.17. The van der Waals surface area contributed by atoms with Crippen LogP contribution in [0.5, 0.6) is 0 Å². The highest BCUT2D eigenvalue weighted by molar-refractivity contribution is 5.24. The second-order valence-electron chi connectivity index (χ2n) is 4.95. The molecule has 2 atom stereocenters. The van der Waals surface area contributed by atoms with Crippen LogP contribution in [0.1, 0.15) is 22.8 Å². The lowest BCUT2D eigenvalue weighted by Crippen LogP contribution is -2.32. The molecule has 0 radical (unpaired) electrons. The zero-order valence-corrected chi connectivity index (χ0v) is 11.6. The zero-order valence-electron chi connectivity index (χ0n) is 11.6. The monoisotopic (exact) mass is 273 g/mol. The van der Waals surface area contributed by atoms with Crippen molar-refractivity contribution in [2.75, 3.05) is 6.67 Å². The lowest BCUT2D eigenvalue weighted by Gasteiger charge is -2.23. The normalized spacial score (nSPS) is 13.9. The Morgan fingerprint density at radius 3 is 2.30 bits per heavy atom. The summed E-state index contributed by atoms with van der Waals surface area (Å²) in [6, 6.07) is 17.0. The van der Waals surface area contributed by atoms with Crippen LogP contribution in [-0.4, -0.2) is 12.7 Å². The SMILES string of the molecule is Cc1ccc(C(OCc2ccccc2)C(N)CF)cc1. The first-order chi connectivity index (χ1) is 9.70. The first-order valence-corrected chi connectivity index (χ1v) is 6.74. The van der Waals surface area contributed by atoms with Crippen molar-refractivity contribution in [1.29, 1.82) is 0 Å². The van der Waals surface area contributed by atoms with E-state index in [0.717, 1.165) is 16.7 Å². The Bertz CT molecular complexity index is 512. The first-order valence-electron chi connectivity index (χ1n) is 6.74. The van der Waals surface area contributed by atoms with Gasteiger partial charge in [0.15, 0.2) is 0 Å². The van der Waals surface area contributed by atoms with Crippen LogP contribution < -0.4 is 5.73 Å². The highest BCUT2D eigenvalue weighted by atomic mass is 19.1. The second-order valence-corrected chi connectivity index (χ2v) is 4.95. The minimum atomic E-state index is -0.651. The summed E-state index contributed by atoms with van der Waals surface area (Å²) in [5, 5.41) is 0. The molecule has 2 N–H and O–H groups in total. The van der Waals surface area contributed by atoms with Gasteiger partial charge in [-0.1, -0.05) is 60.2 Å². The maximum absolute atomic E-state index is 12.9. The summed E-state index contributed by atoms with van der Waals surface area (Å²) in [5.74, 6) is 0. The molecule has 106 valence electrons. The Kier molecular flexibility index (Phi) is 5.27. The Morgan fingerprint density at radius 2 is 1.70 bits per heavy atom. The Labute approximate surface area is 119 Å². The predicted octanol–water partition coefficient (Wildman–Crippen LogP) is 3.55. The Hall–Kier alpha value is -1.71. The molecule has 2 unspecified atom stereocenters. The van der Waals surface area contributed by atoms with Crippen LogP contribution in [0.25, 0.3) is 0 Å². The van der Waals surface area contributed by atoms with Gasteiger partial charge >= 0.3 is 0 Å². The summed E-state index contributed by atoms with van der Waals surface area (Å²) >= 11 is 0. The average Bonchev–Trinajstić information content (AvgIpc) is 2.50. The van der Waals surface area contributed by atoms with Gasteiger partial charge in [0.25, 0.3) is 0 Å². The van der Waals surface area contributed by atoms with Crippen LogP contribution in [0.15, 0.2) is 54.6 Å². The molecule has 0 aromatic heterocycles. The molecule has 0 bridgehead atoms. The molecule has 2 nitrogen and oxygen atoms in total. The van der Waals surface area contributed by atoms with Crippen molar-refractivity contribution in [3.05, 3.63) is 71.3 Å². The van der Waals surface area contributed by atoms with E-state index in [9.17, 15) is 4.39 Å². The fourth-order valence-corrected chi connectivity index (χ4v) is 2.06. The third kappa shape index (κ3) is 3.89. The largest absolute Gasteiger partial charge is 0.367 e. The van der Waals surface area contributed by atoms with Crippen molar-refractivity contribution in [1.82, 2.24) is 0 Å². The van der Waals surface area contributed by atoms with Gasteiger partial charge in [-0.2, -0.15) is 0 Å². The lowest BCUT2D eigenvalue weighted by molar-refractivity contribution is 0.0168. The molecule has 2 rings (SSSR count). The summed E-state index contributed by atoms with van der Waals surface area (Å²) in [6.07, 6.45) is -0.430. The van der Waals surface area contributed by atoms with E-state index in [1.165, 1.54) is 0 Å². The zero-order chi connectivity index (χ0) is 14.4. The third-order valence-electron chi connectivity index (χ3n) is 3.25. The van der Waals surface area contributed by atoms with Crippen molar-refractivity contribution in [3.63, 3.8) is 0 Å². The number of ether oxygens (including phenoxy) is 1. The molecular weight excluding hydrogens is 253 g/mol. The van der Waals surface area contributed by atoms with Gasteiger partial charge in [0.1, 0.15) is 12.8 Å². The van der Waals surface area contributed by atoms with Crippen LogP contribution in [0, 0.1) is 6.92 Å². The number of hydrogen-bond donors (Lipinski definition) is 1. The van der Waals surface area contributed by atoms with Crippen LogP contribution in [0.2, 0.25) is 0 Å². The summed E-state index contributed by atoms with van der Waals surface area (Å²) in [5.41, 5.74) is 8.97. The van der Waals surface area contributed by atoms with E-state index < -0.39 is 18.8 Å². The van der Waals surface area contributed by atoms with Gasteiger partial charge in [0.2, 0.25) is 0 Å². The maximum atomic E-state index is 12.9. The number of rotatable bonds is 6.